The fraction of sp³-hybridized carbons (Fsp3) is 0.421. The van der Waals surface area contributed by atoms with Gasteiger partial charge in [0.25, 0.3) is 0 Å². The Morgan fingerprint density at radius 3 is 2.62 bits per heavy atom. The monoisotopic (exact) mass is 393 g/mol. The quantitative estimate of drug-likeness (QED) is 0.659. The van der Waals surface area contributed by atoms with Gasteiger partial charge in [-0.2, -0.15) is 15.1 Å². The number of aromatic nitrogens is 6. The molecular formula is C19H23N9O. The van der Waals surface area contributed by atoms with Gasteiger partial charge in [0.2, 0.25) is 11.9 Å². The van der Waals surface area contributed by atoms with E-state index >= 15 is 0 Å². The van der Waals surface area contributed by atoms with E-state index in [1.165, 1.54) is 6.08 Å². The Labute approximate surface area is 167 Å². The summed E-state index contributed by atoms with van der Waals surface area (Å²) in [7, 11) is 3.80. The maximum Gasteiger partial charge on any atom is 0.245 e. The third-order valence-corrected chi connectivity index (χ3v) is 5.77. The third-order valence-electron chi connectivity index (χ3n) is 5.77. The van der Waals surface area contributed by atoms with Gasteiger partial charge in [0.05, 0.1) is 18.2 Å². The number of imidazole rings is 1. The average molecular weight is 393 g/mol. The van der Waals surface area contributed by atoms with Gasteiger partial charge >= 0.3 is 0 Å². The zero-order chi connectivity index (χ0) is 20.1. The van der Waals surface area contributed by atoms with Crippen molar-refractivity contribution in [2.45, 2.75) is 0 Å². The zero-order valence-electron chi connectivity index (χ0n) is 16.5. The van der Waals surface area contributed by atoms with Gasteiger partial charge < -0.3 is 19.7 Å². The minimum atomic E-state index is 0.0152. The maximum absolute atomic E-state index is 11.9. The number of hydrogen-bond donors (Lipinski definition) is 1. The number of carbonyl (C=O) groups excluding carboxylic acids is 1. The molecule has 10 heteroatoms. The first-order valence-electron chi connectivity index (χ1n) is 9.63. The SMILES string of the molecule is C=CC(=O)N1C[C@@H]2CN(c3nc(Nc4cnn(C)c4)c4ncn(C)c4n3)C[C@@H]2C1. The highest BCUT2D eigenvalue weighted by Gasteiger charge is 2.42. The molecule has 3 aromatic heterocycles. The van der Waals surface area contributed by atoms with E-state index in [2.05, 4.69) is 26.9 Å². The Bertz CT molecular complexity index is 1090. The lowest BCUT2D eigenvalue weighted by molar-refractivity contribution is -0.125. The molecule has 0 radical (unpaired) electrons. The van der Waals surface area contributed by atoms with Gasteiger partial charge in [-0.15, -0.1) is 0 Å². The smallest absolute Gasteiger partial charge is 0.245 e. The van der Waals surface area contributed by atoms with Crippen LogP contribution in [0, 0.1) is 11.8 Å². The van der Waals surface area contributed by atoms with Crippen molar-refractivity contribution in [3.63, 3.8) is 0 Å². The molecule has 2 aliphatic heterocycles. The van der Waals surface area contributed by atoms with E-state index in [9.17, 15) is 4.79 Å². The molecule has 2 atom stereocenters. The highest BCUT2D eigenvalue weighted by Crippen LogP contribution is 2.34. The van der Waals surface area contributed by atoms with Crippen LogP contribution in [0.25, 0.3) is 11.2 Å². The zero-order valence-corrected chi connectivity index (χ0v) is 16.5. The summed E-state index contributed by atoms with van der Waals surface area (Å²) in [5.41, 5.74) is 2.35. The number of hydrogen-bond acceptors (Lipinski definition) is 7. The number of aryl methyl sites for hydroxylation is 2. The molecule has 2 aliphatic rings. The van der Waals surface area contributed by atoms with Crippen LogP contribution < -0.4 is 10.2 Å². The molecule has 2 saturated heterocycles. The summed E-state index contributed by atoms with van der Waals surface area (Å²) in [4.78, 5) is 30.1. The number of likely N-dealkylation sites (tertiary alicyclic amines) is 1. The Morgan fingerprint density at radius 1 is 1.21 bits per heavy atom. The highest BCUT2D eigenvalue weighted by molar-refractivity contribution is 5.87. The second-order valence-electron chi connectivity index (χ2n) is 7.80. The fourth-order valence-electron chi connectivity index (χ4n) is 4.31. The summed E-state index contributed by atoms with van der Waals surface area (Å²) >= 11 is 0. The molecule has 10 nitrogen and oxygen atoms in total. The van der Waals surface area contributed by atoms with Gasteiger partial charge in [0.1, 0.15) is 0 Å². The van der Waals surface area contributed by atoms with Crippen LogP contribution in [0.3, 0.4) is 0 Å². The summed E-state index contributed by atoms with van der Waals surface area (Å²) in [6.45, 7) is 6.80. The molecule has 0 unspecified atom stereocenters. The molecule has 5 rings (SSSR count). The highest BCUT2D eigenvalue weighted by atomic mass is 16.2. The molecule has 1 amide bonds. The summed E-state index contributed by atoms with van der Waals surface area (Å²) < 4.78 is 3.63. The number of fused-ring (bicyclic) bond motifs is 2. The molecule has 1 N–H and O–H groups in total. The van der Waals surface area contributed by atoms with Crippen LogP contribution in [0.15, 0.2) is 31.4 Å². The third kappa shape index (κ3) is 3.00. The Balaban J connectivity index is 1.43. The summed E-state index contributed by atoms with van der Waals surface area (Å²) in [5.74, 6) is 2.23. The predicted molar refractivity (Wildman–Crippen MR) is 109 cm³/mol. The van der Waals surface area contributed by atoms with Gasteiger partial charge in [0, 0.05) is 58.3 Å². The van der Waals surface area contributed by atoms with E-state index in [0.29, 0.717) is 23.6 Å². The number of anilines is 3. The van der Waals surface area contributed by atoms with E-state index in [1.54, 1.807) is 17.2 Å². The second kappa shape index (κ2) is 6.57. The van der Waals surface area contributed by atoms with Crippen molar-refractivity contribution in [3.8, 4) is 0 Å². The van der Waals surface area contributed by atoms with Crippen LogP contribution in [-0.2, 0) is 18.9 Å². The molecular weight excluding hydrogens is 370 g/mol. The lowest BCUT2D eigenvalue weighted by atomic mass is 10.0. The summed E-state index contributed by atoms with van der Waals surface area (Å²) in [6.07, 6.45) is 6.79. The Hall–Kier alpha value is -3.43. The normalized spacial score (nSPS) is 21.0. The molecule has 3 aromatic rings. The minimum Gasteiger partial charge on any atom is -0.340 e. The molecule has 0 spiro atoms. The van der Waals surface area contributed by atoms with Gasteiger partial charge in [-0.1, -0.05) is 6.58 Å². The first-order chi connectivity index (χ1) is 14.0. The molecule has 0 bridgehead atoms. The van der Waals surface area contributed by atoms with Crippen LogP contribution in [0.1, 0.15) is 0 Å². The summed E-state index contributed by atoms with van der Waals surface area (Å²) in [6, 6.07) is 0. The number of rotatable bonds is 4. The molecule has 5 heterocycles. The van der Waals surface area contributed by atoms with E-state index in [4.69, 9.17) is 9.97 Å². The van der Waals surface area contributed by atoms with Crippen molar-refractivity contribution in [2.75, 3.05) is 36.4 Å². The van der Waals surface area contributed by atoms with Crippen LogP contribution in [0.5, 0.6) is 0 Å². The van der Waals surface area contributed by atoms with Gasteiger partial charge in [-0.25, -0.2) is 4.98 Å². The number of amides is 1. The molecule has 150 valence electrons. The van der Waals surface area contributed by atoms with Crippen molar-refractivity contribution >= 4 is 34.5 Å². The van der Waals surface area contributed by atoms with Crippen LogP contribution in [-0.4, -0.2) is 66.3 Å². The van der Waals surface area contributed by atoms with Gasteiger partial charge in [-0.05, 0) is 6.08 Å². The molecule has 0 aromatic carbocycles. The molecule has 2 fully saturated rings. The molecule has 0 aliphatic carbocycles. The van der Waals surface area contributed by atoms with Crippen molar-refractivity contribution < 1.29 is 4.79 Å². The number of nitrogens with zero attached hydrogens (tertiary/aromatic N) is 8. The Morgan fingerprint density at radius 2 is 1.97 bits per heavy atom. The standard InChI is InChI=1S/C19H23N9O/c1-4-15(29)27-6-12-8-28(9-13(12)7-27)19-23-17(22-14-5-21-26(3)10-14)16-18(24-19)25(2)11-20-16/h4-5,10-13H,1,6-9H2,2-3H3,(H,22,23,24)/t12-,13+. The first-order valence-corrected chi connectivity index (χ1v) is 9.63. The van der Waals surface area contributed by atoms with Crippen LogP contribution >= 0.6 is 0 Å². The lowest BCUT2D eigenvalue weighted by Crippen LogP contribution is -2.32. The van der Waals surface area contributed by atoms with Crippen LogP contribution in [0.4, 0.5) is 17.5 Å². The van der Waals surface area contributed by atoms with Crippen molar-refractivity contribution in [2.24, 2.45) is 25.9 Å². The van der Waals surface area contributed by atoms with Crippen LogP contribution in [0.2, 0.25) is 0 Å². The fourth-order valence-corrected chi connectivity index (χ4v) is 4.31. The minimum absolute atomic E-state index is 0.0152. The molecule has 29 heavy (non-hydrogen) atoms. The predicted octanol–water partition coefficient (Wildman–Crippen LogP) is 0.921. The Kier molecular flexibility index (Phi) is 4.00. The first kappa shape index (κ1) is 17.7. The average Bonchev–Trinajstić information content (AvgIpc) is 3.45. The number of carbonyl (C=O) groups is 1. The van der Waals surface area contributed by atoms with Gasteiger partial charge in [-0.3, -0.25) is 9.48 Å². The van der Waals surface area contributed by atoms with Gasteiger partial charge in [0.15, 0.2) is 17.0 Å². The molecule has 0 saturated carbocycles. The van der Waals surface area contributed by atoms with E-state index in [1.807, 2.05) is 29.8 Å². The van der Waals surface area contributed by atoms with E-state index < -0.39 is 0 Å². The topological polar surface area (TPSA) is 97.0 Å². The van der Waals surface area contributed by atoms with Crippen molar-refractivity contribution in [1.82, 2.24) is 34.2 Å². The van der Waals surface area contributed by atoms with Crippen molar-refractivity contribution in [3.05, 3.63) is 31.4 Å². The van der Waals surface area contributed by atoms with Crippen molar-refractivity contribution in [1.29, 1.82) is 0 Å². The lowest BCUT2D eigenvalue weighted by Gasteiger charge is -2.21. The summed E-state index contributed by atoms with van der Waals surface area (Å²) in [5, 5.41) is 7.52. The van der Waals surface area contributed by atoms with E-state index in [-0.39, 0.29) is 5.91 Å². The number of nitrogens with one attached hydrogen (secondary N) is 1. The second-order valence-corrected chi connectivity index (χ2v) is 7.80. The largest absolute Gasteiger partial charge is 0.340 e. The van der Waals surface area contributed by atoms with E-state index in [0.717, 1.165) is 43.0 Å². The maximum atomic E-state index is 11.9.